The van der Waals surface area contributed by atoms with Crippen LogP contribution in [0.2, 0.25) is 0 Å². The Labute approximate surface area is 163 Å². The molecule has 0 aliphatic carbocycles. The highest BCUT2D eigenvalue weighted by molar-refractivity contribution is 14.0. The van der Waals surface area contributed by atoms with Crippen molar-refractivity contribution < 1.29 is 22.7 Å². The van der Waals surface area contributed by atoms with Crippen molar-refractivity contribution in [2.75, 3.05) is 13.1 Å². The number of thiazole rings is 1. The fourth-order valence-electron chi connectivity index (χ4n) is 1.78. The molecule has 3 N–H and O–H groups in total. The maximum absolute atomic E-state index is 12.5. The predicted octanol–water partition coefficient (Wildman–Crippen LogP) is 3.16. The third kappa shape index (κ3) is 6.82. The Morgan fingerprint density at radius 1 is 1.44 bits per heavy atom. The van der Waals surface area contributed by atoms with E-state index in [1.54, 1.807) is 12.1 Å². The molecule has 0 radical (unpaired) electrons. The Hall–Kier alpha value is -1.34. The second kappa shape index (κ2) is 9.97. The van der Waals surface area contributed by atoms with E-state index in [2.05, 4.69) is 20.6 Å². The van der Waals surface area contributed by atoms with Crippen LogP contribution >= 0.6 is 35.3 Å². The average molecular weight is 490 g/mol. The van der Waals surface area contributed by atoms with Gasteiger partial charge in [-0.15, -0.1) is 35.3 Å². The first-order valence-electron chi connectivity index (χ1n) is 7.15. The molecule has 0 spiro atoms. The zero-order valence-corrected chi connectivity index (χ0v) is 16.4. The lowest BCUT2D eigenvalue weighted by molar-refractivity contribution is -0.140. The minimum absolute atomic E-state index is 0. The Bertz CT molecular complexity index is 661. The number of nitrogens with zero attached hydrogens (tertiary/aromatic N) is 2. The van der Waals surface area contributed by atoms with Gasteiger partial charge in [-0.3, -0.25) is 0 Å². The summed E-state index contributed by atoms with van der Waals surface area (Å²) in [7, 11) is 0. The van der Waals surface area contributed by atoms with Crippen molar-refractivity contribution in [1.82, 2.24) is 15.6 Å². The highest BCUT2D eigenvalue weighted by Gasteiger charge is 2.33. The number of hydrogen-bond donors (Lipinski definition) is 3. The van der Waals surface area contributed by atoms with Crippen LogP contribution in [-0.4, -0.2) is 29.1 Å². The van der Waals surface area contributed by atoms with Crippen molar-refractivity contribution in [1.29, 1.82) is 0 Å². The van der Waals surface area contributed by atoms with Crippen molar-refractivity contribution in [2.45, 2.75) is 25.7 Å². The second-order valence-electron chi connectivity index (χ2n) is 4.73. The van der Waals surface area contributed by atoms with Crippen LogP contribution < -0.4 is 10.6 Å². The minimum atomic E-state index is -4.45. The lowest BCUT2D eigenvalue weighted by atomic mass is 10.3. The number of nitrogens with one attached hydrogen (secondary N) is 2. The number of aromatic nitrogens is 1. The van der Waals surface area contributed by atoms with Gasteiger partial charge in [0.05, 0.1) is 19.4 Å². The van der Waals surface area contributed by atoms with Gasteiger partial charge in [-0.1, -0.05) is 0 Å². The predicted molar refractivity (Wildman–Crippen MR) is 99.0 cm³/mol. The lowest BCUT2D eigenvalue weighted by Gasteiger charge is -2.13. The van der Waals surface area contributed by atoms with Crippen molar-refractivity contribution in [3.8, 4) is 0 Å². The van der Waals surface area contributed by atoms with E-state index in [-0.39, 0.29) is 42.1 Å². The second-order valence-corrected chi connectivity index (χ2v) is 5.67. The summed E-state index contributed by atoms with van der Waals surface area (Å²) in [6.07, 6.45) is -3.85. The molecule has 0 aliphatic heterocycles. The standard InChI is InChI=1S/C14H17F3N4O2S.HI/c1-2-18-13(19-6-9(22)10-4-3-5-23-10)20-7-12-21-11(8-24-12)14(15,16)17;/h3-5,8-9,22H,2,6-7H2,1H3,(H2,18,19,20);1H. The molecule has 11 heteroatoms. The Morgan fingerprint density at radius 2 is 2.20 bits per heavy atom. The summed E-state index contributed by atoms with van der Waals surface area (Å²) in [6, 6.07) is 3.31. The molecule has 25 heavy (non-hydrogen) atoms. The van der Waals surface area contributed by atoms with Crippen LogP contribution in [0, 0.1) is 0 Å². The van der Waals surface area contributed by atoms with Gasteiger partial charge >= 0.3 is 6.18 Å². The zero-order valence-electron chi connectivity index (χ0n) is 13.2. The van der Waals surface area contributed by atoms with Crippen LogP contribution in [0.15, 0.2) is 33.2 Å². The van der Waals surface area contributed by atoms with E-state index < -0.39 is 18.0 Å². The van der Waals surface area contributed by atoms with E-state index in [1.807, 2.05) is 6.92 Å². The van der Waals surface area contributed by atoms with Gasteiger partial charge in [0, 0.05) is 11.9 Å². The van der Waals surface area contributed by atoms with Gasteiger partial charge in [0.1, 0.15) is 16.9 Å². The van der Waals surface area contributed by atoms with Gasteiger partial charge < -0.3 is 20.2 Å². The van der Waals surface area contributed by atoms with Crippen LogP contribution in [0.3, 0.4) is 0 Å². The molecule has 2 heterocycles. The van der Waals surface area contributed by atoms with Crippen LogP contribution in [0.5, 0.6) is 0 Å². The fourth-order valence-corrected chi connectivity index (χ4v) is 2.50. The number of aliphatic hydroxyl groups excluding tert-OH is 1. The summed E-state index contributed by atoms with van der Waals surface area (Å²) >= 11 is 0.901. The highest BCUT2D eigenvalue weighted by Crippen LogP contribution is 2.30. The first-order chi connectivity index (χ1) is 11.4. The van der Waals surface area contributed by atoms with Gasteiger partial charge in [-0.05, 0) is 19.1 Å². The fraction of sp³-hybridized carbons (Fsp3) is 0.429. The number of furan rings is 1. The number of hydrogen-bond acceptors (Lipinski definition) is 5. The number of halogens is 4. The first-order valence-corrected chi connectivity index (χ1v) is 8.03. The van der Waals surface area contributed by atoms with Crippen LogP contribution in [0.4, 0.5) is 13.2 Å². The molecule has 0 aromatic carbocycles. The molecular formula is C14H18F3IN4O2S. The molecule has 0 saturated carbocycles. The zero-order chi connectivity index (χ0) is 17.6. The monoisotopic (exact) mass is 490 g/mol. The van der Waals surface area contributed by atoms with E-state index in [1.165, 1.54) is 6.26 Å². The molecule has 2 rings (SSSR count). The summed E-state index contributed by atoms with van der Waals surface area (Å²) in [5.41, 5.74) is -0.913. The Morgan fingerprint density at radius 3 is 2.76 bits per heavy atom. The number of guanidine groups is 1. The molecule has 1 atom stereocenters. The van der Waals surface area contributed by atoms with Crippen LogP contribution in [0.25, 0.3) is 0 Å². The molecule has 0 bridgehead atoms. The van der Waals surface area contributed by atoms with Gasteiger partial charge in [-0.2, -0.15) is 13.2 Å². The molecule has 2 aromatic rings. The molecular weight excluding hydrogens is 472 g/mol. The maximum atomic E-state index is 12.5. The molecule has 1 unspecified atom stereocenters. The Balaban J connectivity index is 0.00000312. The van der Waals surface area contributed by atoms with E-state index in [4.69, 9.17) is 4.42 Å². The van der Waals surface area contributed by atoms with Crippen molar-refractivity contribution >= 4 is 41.3 Å². The maximum Gasteiger partial charge on any atom is 0.434 e. The summed E-state index contributed by atoms with van der Waals surface area (Å²) < 4.78 is 42.6. The smallest absolute Gasteiger partial charge is 0.434 e. The van der Waals surface area contributed by atoms with Gasteiger partial charge in [-0.25, -0.2) is 9.98 Å². The molecule has 0 fully saturated rings. The lowest BCUT2D eigenvalue weighted by Crippen LogP contribution is -2.39. The van der Waals surface area contributed by atoms with E-state index in [9.17, 15) is 18.3 Å². The minimum Gasteiger partial charge on any atom is -0.467 e. The number of alkyl halides is 3. The van der Waals surface area contributed by atoms with Gasteiger partial charge in [0.15, 0.2) is 11.7 Å². The number of rotatable bonds is 6. The topological polar surface area (TPSA) is 82.7 Å². The number of aliphatic hydroxyl groups is 1. The van der Waals surface area contributed by atoms with Crippen LogP contribution in [-0.2, 0) is 12.7 Å². The quantitative estimate of drug-likeness (QED) is 0.329. The van der Waals surface area contributed by atoms with Crippen molar-refractivity contribution in [3.63, 3.8) is 0 Å². The van der Waals surface area contributed by atoms with Crippen molar-refractivity contribution in [2.24, 2.45) is 4.99 Å². The third-order valence-corrected chi connectivity index (χ3v) is 3.73. The van der Waals surface area contributed by atoms with E-state index >= 15 is 0 Å². The summed E-state index contributed by atoms with van der Waals surface area (Å²) in [5, 5.41) is 17.0. The summed E-state index contributed by atoms with van der Waals surface area (Å²) in [5.74, 6) is 0.778. The van der Waals surface area contributed by atoms with E-state index in [0.29, 0.717) is 18.3 Å². The first kappa shape index (κ1) is 21.7. The molecule has 6 nitrogen and oxygen atoms in total. The van der Waals surface area contributed by atoms with Crippen LogP contribution in [0.1, 0.15) is 29.5 Å². The van der Waals surface area contributed by atoms with Gasteiger partial charge in [0.2, 0.25) is 0 Å². The third-order valence-electron chi connectivity index (χ3n) is 2.89. The summed E-state index contributed by atoms with van der Waals surface area (Å²) in [6.45, 7) is 2.57. The largest absolute Gasteiger partial charge is 0.467 e. The van der Waals surface area contributed by atoms with Gasteiger partial charge in [0.25, 0.3) is 0 Å². The summed E-state index contributed by atoms with van der Waals surface area (Å²) in [4.78, 5) is 7.68. The molecule has 140 valence electrons. The SMILES string of the molecule is CCNC(=NCc1nc(C(F)(F)F)cs1)NCC(O)c1ccco1.I. The molecule has 0 aliphatic rings. The Kier molecular flexibility index (Phi) is 8.65. The average Bonchev–Trinajstić information content (AvgIpc) is 3.20. The highest BCUT2D eigenvalue weighted by atomic mass is 127. The molecule has 2 aromatic heterocycles. The normalized spacial score (nSPS) is 13.2. The molecule has 0 amide bonds. The number of aliphatic imine (C=N–C) groups is 1. The van der Waals surface area contributed by atoms with Crippen molar-refractivity contribution in [3.05, 3.63) is 40.2 Å². The molecule has 0 saturated heterocycles. The van der Waals surface area contributed by atoms with E-state index in [0.717, 1.165) is 16.7 Å².